The first-order valence-electron chi connectivity index (χ1n) is 6.55. The van der Waals surface area contributed by atoms with Crippen LogP contribution in [0, 0.1) is 5.41 Å². The lowest BCUT2D eigenvalue weighted by atomic mass is 9.81. The number of pyridine rings is 1. The first-order chi connectivity index (χ1) is 8.68. The van der Waals surface area contributed by atoms with Crippen LogP contribution in [0.25, 0.3) is 0 Å². The number of carbonyl (C=O) groups excluding carboxylic acids is 1. The van der Waals surface area contributed by atoms with Crippen molar-refractivity contribution in [3.8, 4) is 0 Å². The maximum absolute atomic E-state index is 12.1. The van der Waals surface area contributed by atoms with Crippen molar-refractivity contribution in [2.75, 3.05) is 13.1 Å². The van der Waals surface area contributed by atoms with Gasteiger partial charge in [0.2, 0.25) is 5.91 Å². The molecule has 0 fully saturated rings. The average Bonchev–Trinajstić information content (AvgIpc) is 2.42. The summed E-state index contributed by atoms with van der Waals surface area (Å²) in [4.78, 5) is 16.2. The minimum absolute atomic E-state index is 0. The number of nitrogens with two attached hydrogens (primary N) is 1. The molecule has 4 nitrogen and oxygen atoms in total. The molecule has 1 rings (SSSR count). The van der Waals surface area contributed by atoms with E-state index in [9.17, 15) is 4.79 Å². The standard InChI is InChI=1S/C14H23N3O.2ClH/c1-3-14(4-2,11-15)13(18)17-9-7-12-6-5-8-16-10-12;;/h5-6,8,10H,3-4,7,9,11,15H2,1-2H3,(H,17,18);2*1H. The summed E-state index contributed by atoms with van der Waals surface area (Å²) in [6.45, 7) is 5.05. The summed E-state index contributed by atoms with van der Waals surface area (Å²) in [6, 6.07) is 3.91. The minimum Gasteiger partial charge on any atom is -0.355 e. The van der Waals surface area contributed by atoms with Crippen LogP contribution < -0.4 is 11.1 Å². The first kappa shape index (κ1) is 21.5. The van der Waals surface area contributed by atoms with E-state index in [0.717, 1.165) is 24.8 Å². The Morgan fingerprint density at radius 2 is 2.00 bits per heavy atom. The van der Waals surface area contributed by atoms with Gasteiger partial charge in [-0.1, -0.05) is 19.9 Å². The molecule has 0 radical (unpaired) electrons. The van der Waals surface area contributed by atoms with Crippen LogP contribution in [0.2, 0.25) is 0 Å². The molecular weight excluding hydrogens is 297 g/mol. The number of amides is 1. The first-order valence-corrected chi connectivity index (χ1v) is 6.55. The van der Waals surface area contributed by atoms with Crippen molar-refractivity contribution in [1.29, 1.82) is 0 Å². The molecule has 0 atom stereocenters. The van der Waals surface area contributed by atoms with Gasteiger partial charge in [-0.25, -0.2) is 0 Å². The maximum atomic E-state index is 12.1. The van der Waals surface area contributed by atoms with Crippen LogP contribution in [0.5, 0.6) is 0 Å². The number of aromatic nitrogens is 1. The van der Waals surface area contributed by atoms with Crippen molar-refractivity contribution in [1.82, 2.24) is 10.3 Å². The van der Waals surface area contributed by atoms with Gasteiger partial charge in [0.25, 0.3) is 0 Å². The fourth-order valence-corrected chi connectivity index (χ4v) is 2.01. The Balaban J connectivity index is 0. The fraction of sp³-hybridized carbons (Fsp3) is 0.571. The van der Waals surface area contributed by atoms with Gasteiger partial charge < -0.3 is 11.1 Å². The predicted molar refractivity (Wildman–Crippen MR) is 87.5 cm³/mol. The number of rotatable bonds is 7. The number of hydrogen-bond acceptors (Lipinski definition) is 3. The van der Waals surface area contributed by atoms with Gasteiger partial charge in [0.05, 0.1) is 5.41 Å². The molecule has 1 aromatic heterocycles. The van der Waals surface area contributed by atoms with E-state index in [1.165, 1.54) is 0 Å². The lowest BCUT2D eigenvalue weighted by Gasteiger charge is -2.28. The third-order valence-corrected chi connectivity index (χ3v) is 3.65. The summed E-state index contributed by atoms with van der Waals surface area (Å²) in [6.07, 6.45) is 5.92. The summed E-state index contributed by atoms with van der Waals surface area (Å²) < 4.78 is 0. The van der Waals surface area contributed by atoms with Gasteiger partial charge in [-0.3, -0.25) is 9.78 Å². The molecule has 1 aromatic rings. The lowest BCUT2D eigenvalue weighted by Crippen LogP contribution is -2.45. The van der Waals surface area contributed by atoms with Gasteiger partial charge >= 0.3 is 0 Å². The monoisotopic (exact) mass is 321 g/mol. The van der Waals surface area contributed by atoms with Crippen LogP contribution >= 0.6 is 24.8 Å². The summed E-state index contributed by atoms with van der Waals surface area (Å²) in [7, 11) is 0. The molecule has 20 heavy (non-hydrogen) atoms. The predicted octanol–water partition coefficient (Wildman–Crippen LogP) is 2.35. The van der Waals surface area contributed by atoms with Crippen LogP contribution in [0.3, 0.4) is 0 Å². The maximum Gasteiger partial charge on any atom is 0.227 e. The normalized spacial score (nSPS) is 10.2. The Morgan fingerprint density at radius 3 is 2.45 bits per heavy atom. The molecule has 0 aliphatic heterocycles. The summed E-state index contributed by atoms with van der Waals surface area (Å²) >= 11 is 0. The molecule has 6 heteroatoms. The van der Waals surface area contributed by atoms with Gasteiger partial charge in [-0.05, 0) is 30.9 Å². The topological polar surface area (TPSA) is 68.0 Å². The van der Waals surface area contributed by atoms with Crippen LogP contribution in [-0.2, 0) is 11.2 Å². The van der Waals surface area contributed by atoms with Crippen LogP contribution in [0.4, 0.5) is 0 Å². The molecule has 116 valence electrons. The highest BCUT2D eigenvalue weighted by Gasteiger charge is 2.32. The Kier molecular flexibility index (Phi) is 11.7. The van der Waals surface area contributed by atoms with E-state index in [4.69, 9.17) is 5.73 Å². The molecule has 0 aliphatic carbocycles. The lowest BCUT2D eigenvalue weighted by molar-refractivity contribution is -0.131. The highest BCUT2D eigenvalue weighted by atomic mass is 35.5. The highest BCUT2D eigenvalue weighted by molar-refractivity contribution is 5.85. The van der Waals surface area contributed by atoms with Crippen molar-refractivity contribution in [3.63, 3.8) is 0 Å². The molecule has 0 spiro atoms. The molecule has 0 aliphatic rings. The van der Waals surface area contributed by atoms with Crippen molar-refractivity contribution in [2.45, 2.75) is 33.1 Å². The largest absolute Gasteiger partial charge is 0.355 e. The molecule has 0 aromatic carbocycles. The third kappa shape index (κ3) is 5.65. The van der Waals surface area contributed by atoms with Crippen molar-refractivity contribution < 1.29 is 4.79 Å². The average molecular weight is 322 g/mol. The van der Waals surface area contributed by atoms with Gasteiger partial charge in [0, 0.05) is 25.5 Å². The molecule has 0 saturated heterocycles. The van der Waals surface area contributed by atoms with Crippen molar-refractivity contribution >= 4 is 30.7 Å². The molecular formula is C14H25Cl2N3O. The quantitative estimate of drug-likeness (QED) is 0.810. The molecule has 0 saturated carbocycles. The Morgan fingerprint density at radius 1 is 1.35 bits per heavy atom. The molecule has 0 bridgehead atoms. The van der Waals surface area contributed by atoms with Gasteiger partial charge in [0.1, 0.15) is 0 Å². The SMILES string of the molecule is CCC(CC)(CN)C(=O)NCCc1cccnc1.Cl.Cl. The number of carbonyl (C=O) groups is 1. The third-order valence-electron chi connectivity index (χ3n) is 3.65. The Hall–Kier alpha value is -0.840. The Bertz CT molecular complexity index is 362. The van der Waals surface area contributed by atoms with E-state index in [1.54, 1.807) is 6.20 Å². The second kappa shape index (κ2) is 10.9. The number of halogens is 2. The minimum atomic E-state index is -0.408. The molecule has 1 heterocycles. The van der Waals surface area contributed by atoms with E-state index < -0.39 is 5.41 Å². The molecule has 1 amide bonds. The zero-order valence-corrected chi connectivity index (χ0v) is 13.7. The number of hydrogen-bond donors (Lipinski definition) is 2. The van der Waals surface area contributed by atoms with Crippen molar-refractivity contribution in [3.05, 3.63) is 30.1 Å². The van der Waals surface area contributed by atoms with E-state index >= 15 is 0 Å². The van der Waals surface area contributed by atoms with E-state index in [1.807, 2.05) is 32.2 Å². The van der Waals surface area contributed by atoms with E-state index in [-0.39, 0.29) is 30.7 Å². The van der Waals surface area contributed by atoms with Gasteiger partial charge in [-0.15, -0.1) is 24.8 Å². The zero-order valence-electron chi connectivity index (χ0n) is 12.1. The zero-order chi connectivity index (χ0) is 13.4. The fourth-order valence-electron chi connectivity index (χ4n) is 2.01. The van der Waals surface area contributed by atoms with Crippen LogP contribution in [0.15, 0.2) is 24.5 Å². The van der Waals surface area contributed by atoms with Gasteiger partial charge in [-0.2, -0.15) is 0 Å². The molecule has 0 unspecified atom stereocenters. The summed E-state index contributed by atoms with van der Waals surface area (Å²) in [5.41, 5.74) is 6.46. The summed E-state index contributed by atoms with van der Waals surface area (Å²) in [5, 5.41) is 2.98. The second-order valence-electron chi connectivity index (χ2n) is 4.56. The molecule has 3 N–H and O–H groups in total. The smallest absolute Gasteiger partial charge is 0.227 e. The highest BCUT2D eigenvalue weighted by Crippen LogP contribution is 2.24. The summed E-state index contributed by atoms with van der Waals surface area (Å²) in [5.74, 6) is 0.0684. The second-order valence-corrected chi connectivity index (χ2v) is 4.56. The van der Waals surface area contributed by atoms with Crippen LogP contribution in [-0.4, -0.2) is 24.0 Å². The van der Waals surface area contributed by atoms with Crippen LogP contribution in [0.1, 0.15) is 32.3 Å². The number of nitrogens with zero attached hydrogens (tertiary/aromatic N) is 1. The van der Waals surface area contributed by atoms with E-state index in [0.29, 0.717) is 13.1 Å². The Labute approximate surface area is 133 Å². The van der Waals surface area contributed by atoms with Crippen molar-refractivity contribution in [2.24, 2.45) is 11.1 Å². The van der Waals surface area contributed by atoms with Gasteiger partial charge in [0.15, 0.2) is 0 Å². The van der Waals surface area contributed by atoms with E-state index in [2.05, 4.69) is 10.3 Å². The number of nitrogens with one attached hydrogen (secondary N) is 1.